The first kappa shape index (κ1) is 31.8. The molecule has 2 aromatic heterocycles. The summed E-state index contributed by atoms with van der Waals surface area (Å²) in [6, 6.07) is 23.9. The van der Waals surface area contributed by atoms with Gasteiger partial charge in [-0.15, -0.1) is 10.2 Å². The molecule has 0 fully saturated rings. The van der Waals surface area contributed by atoms with Gasteiger partial charge in [0.2, 0.25) is 10.9 Å². The Balaban J connectivity index is 1.32. The van der Waals surface area contributed by atoms with Crippen molar-refractivity contribution in [1.82, 2.24) is 10.2 Å². The number of thioether (sulfide) groups is 1. The molecule has 0 N–H and O–H groups in total. The summed E-state index contributed by atoms with van der Waals surface area (Å²) in [5, 5.41) is 10.4. The van der Waals surface area contributed by atoms with Gasteiger partial charge in [0.1, 0.15) is 5.58 Å². The normalized spacial score (nSPS) is 16.7. The Morgan fingerprint density at radius 2 is 1.61 bits per heavy atom. The third-order valence-electron chi connectivity index (χ3n) is 9.28. The van der Waals surface area contributed by atoms with Crippen molar-refractivity contribution in [3.05, 3.63) is 144 Å². The lowest BCUT2D eigenvalue weighted by molar-refractivity contribution is -0.121. The van der Waals surface area contributed by atoms with E-state index in [0.717, 1.165) is 39.2 Å². The Morgan fingerprint density at radius 3 is 2.41 bits per heavy atom. The van der Waals surface area contributed by atoms with Crippen LogP contribution in [0.3, 0.4) is 0 Å². The summed E-state index contributed by atoms with van der Waals surface area (Å²) in [7, 11) is 0. The molecule has 0 radical (unpaired) electrons. The van der Waals surface area contributed by atoms with Crippen molar-refractivity contribution in [2.75, 3.05) is 9.80 Å². The Labute approximate surface area is 299 Å². The van der Waals surface area contributed by atoms with Gasteiger partial charge in [0, 0.05) is 21.4 Å². The number of anilines is 2. The van der Waals surface area contributed by atoms with Crippen molar-refractivity contribution in [1.29, 1.82) is 0 Å². The second-order valence-electron chi connectivity index (χ2n) is 12.1. The summed E-state index contributed by atoms with van der Waals surface area (Å²) in [5.74, 6) is -0.794. The molecule has 8 rings (SSSR count). The van der Waals surface area contributed by atoms with Crippen LogP contribution in [-0.2, 0) is 22.6 Å². The third kappa shape index (κ3) is 4.84. The second kappa shape index (κ2) is 11.8. The molecule has 4 heterocycles. The minimum atomic E-state index is -1.87. The summed E-state index contributed by atoms with van der Waals surface area (Å²) in [5.41, 5.74) is 3.64. The summed E-state index contributed by atoms with van der Waals surface area (Å²) in [6.07, 6.45) is 0. The molecule has 0 aliphatic carbocycles. The van der Waals surface area contributed by atoms with Gasteiger partial charge in [-0.25, -0.2) is 0 Å². The van der Waals surface area contributed by atoms with Gasteiger partial charge in [0.05, 0.1) is 23.2 Å². The average molecular weight is 726 g/mol. The van der Waals surface area contributed by atoms with Crippen molar-refractivity contribution in [3.8, 4) is 0 Å². The summed E-state index contributed by atoms with van der Waals surface area (Å²) >= 11 is 15.0. The van der Waals surface area contributed by atoms with Crippen LogP contribution >= 0.6 is 46.3 Å². The fourth-order valence-corrected chi connectivity index (χ4v) is 9.11. The van der Waals surface area contributed by atoms with Gasteiger partial charge < -0.3 is 9.32 Å². The molecule has 6 aromatic rings. The van der Waals surface area contributed by atoms with E-state index in [0.29, 0.717) is 36.8 Å². The lowest BCUT2D eigenvalue weighted by Gasteiger charge is -2.32. The van der Waals surface area contributed by atoms with E-state index in [1.807, 2.05) is 63.2 Å². The van der Waals surface area contributed by atoms with Crippen LogP contribution in [0.2, 0.25) is 10.0 Å². The Kier molecular flexibility index (Phi) is 7.68. The molecule has 2 aliphatic rings. The molecule has 49 heavy (non-hydrogen) atoms. The summed E-state index contributed by atoms with van der Waals surface area (Å²) in [6.45, 7) is 6.04. The maximum Gasteiger partial charge on any atom is 0.297 e. The van der Waals surface area contributed by atoms with Gasteiger partial charge in [0.25, 0.3) is 11.8 Å². The van der Waals surface area contributed by atoms with Crippen molar-refractivity contribution >= 4 is 79.9 Å². The van der Waals surface area contributed by atoms with E-state index in [9.17, 15) is 9.59 Å². The standard InChI is InChI=1S/C37H26Cl2N4O4S2/c1-19-8-4-5-9-22(19)17-42-28-11-7-6-10-26(28)37(34(42)46)30-31(44)25-14-20(2)21(3)15-29(25)47-32(30)33(45)43(37)35-40-41-36(49-35)48-18-23-12-13-24(38)16-27(23)39/h4-16H,17-18H2,1-3H3. The average Bonchev–Trinajstić information content (AvgIpc) is 3.71. The summed E-state index contributed by atoms with van der Waals surface area (Å²) in [4.78, 5) is 47.6. The quantitative estimate of drug-likeness (QED) is 0.125. The number of nitrogens with zero attached hydrogens (tertiary/aromatic N) is 4. The van der Waals surface area contributed by atoms with E-state index in [1.165, 1.54) is 16.7 Å². The molecular weight excluding hydrogens is 699 g/mol. The predicted molar refractivity (Wildman–Crippen MR) is 194 cm³/mol. The number of carbonyl (C=O) groups is 2. The number of carbonyl (C=O) groups excluding carboxylic acids is 2. The van der Waals surface area contributed by atoms with Crippen LogP contribution in [0.5, 0.6) is 0 Å². The molecule has 1 unspecified atom stereocenters. The number of amides is 2. The highest BCUT2D eigenvalue weighted by molar-refractivity contribution is 8.00. The zero-order chi connectivity index (χ0) is 34.2. The fourth-order valence-electron chi connectivity index (χ4n) is 6.66. The first-order valence-electron chi connectivity index (χ1n) is 15.4. The number of aromatic nitrogens is 2. The lowest BCUT2D eigenvalue weighted by Crippen LogP contribution is -2.53. The molecule has 1 atom stereocenters. The Morgan fingerprint density at radius 1 is 0.857 bits per heavy atom. The minimum absolute atomic E-state index is 0.0182. The number of fused-ring (bicyclic) bond motifs is 5. The number of benzene rings is 4. The Bertz CT molecular complexity index is 2440. The van der Waals surface area contributed by atoms with E-state index in [2.05, 4.69) is 10.2 Å². The number of hydrogen-bond acceptors (Lipinski definition) is 8. The van der Waals surface area contributed by atoms with Crippen molar-refractivity contribution in [3.63, 3.8) is 0 Å². The molecule has 0 saturated heterocycles. The van der Waals surface area contributed by atoms with E-state index in [4.69, 9.17) is 27.6 Å². The molecule has 4 aromatic carbocycles. The number of rotatable bonds is 6. The zero-order valence-electron chi connectivity index (χ0n) is 26.4. The summed E-state index contributed by atoms with van der Waals surface area (Å²) < 4.78 is 6.85. The highest BCUT2D eigenvalue weighted by atomic mass is 35.5. The SMILES string of the molecule is Cc1cc2oc3c(c(=O)c2cc1C)C1(C(=O)N(Cc2ccccc2C)c2ccccc21)N(c1nnc(SCc2ccc(Cl)cc2Cl)s1)C3=O. The van der Waals surface area contributed by atoms with Crippen LogP contribution < -0.4 is 15.2 Å². The van der Waals surface area contributed by atoms with Crippen molar-refractivity contribution in [2.24, 2.45) is 0 Å². The van der Waals surface area contributed by atoms with Crippen LogP contribution in [0.4, 0.5) is 10.8 Å². The van der Waals surface area contributed by atoms with Gasteiger partial charge >= 0.3 is 0 Å². The third-order valence-corrected chi connectivity index (χ3v) is 12.0. The number of para-hydroxylation sites is 1. The fraction of sp³-hybridized carbons (Fsp3) is 0.162. The van der Waals surface area contributed by atoms with Crippen LogP contribution in [-0.4, -0.2) is 22.0 Å². The molecule has 0 bridgehead atoms. The topological polar surface area (TPSA) is 96.6 Å². The number of halogens is 2. The van der Waals surface area contributed by atoms with E-state index in [-0.39, 0.29) is 28.6 Å². The van der Waals surface area contributed by atoms with E-state index in [1.54, 1.807) is 41.3 Å². The van der Waals surface area contributed by atoms with E-state index < -0.39 is 22.8 Å². The van der Waals surface area contributed by atoms with Crippen LogP contribution in [0.25, 0.3) is 11.0 Å². The highest BCUT2D eigenvalue weighted by Gasteiger charge is 2.66. The molecule has 12 heteroatoms. The maximum absolute atomic E-state index is 15.3. The second-order valence-corrected chi connectivity index (χ2v) is 15.2. The van der Waals surface area contributed by atoms with Gasteiger partial charge in [-0.05, 0) is 78.9 Å². The first-order chi connectivity index (χ1) is 23.6. The number of aryl methyl sites for hydroxylation is 3. The molecule has 244 valence electrons. The van der Waals surface area contributed by atoms with Gasteiger partial charge in [0.15, 0.2) is 15.3 Å². The molecule has 8 nitrogen and oxygen atoms in total. The zero-order valence-corrected chi connectivity index (χ0v) is 29.6. The molecule has 1 spiro atoms. The minimum Gasteiger partial charge on any atom is -0.450 e. The van der Waals surface area contributed by atoms with Crippen molar-refractivity contribution in [2.45, 2.75) is 42.9 Å². The highest BCUT2D eigenvalue weighted by Crippen LogP contribution is 2.55. The first-order valence-corrected chi connectivity index (χ1v) is 17.9. The molecule has 2 aliphatic heterocycles. The van der Waals surface area contributed by atoms with E-state index >= 15 is 4.79 Å². The van der Waals surface area contributed by atoms with Gasteiger partial charge in [-0.2, -0.15) is 0 Å². The molecule has 0 saturated carbocycles. The number of hydrogen-bond donors (Lipinski definition) is 0. The monoisotopic (exact) mass is 724 g/mol. The van der Waals surface area contributed by atoms with Crippen LogP contribution in [0.15, 0.2) is 92.4 Å². The Hall–Kier alpha value is -4.48. The van der Waals surface area contributed by atoms with Gasteiger partial charge in [-0.3, -0.25) is 19.3 Å². The van der Waals surface area contributed by atoms with Gasteiger partial charge in [-0.1, -0.05) is 94.8 Å². The predicted octanol–water partition coefficient (Wildman–Crippen LogP) is 8.62. The molecule has 2 amide bonds. The lowest BCUT2D eigenvalue weighted by atomic mass is 9.84. The van der Waals surface area contributed by atoms with Crippen LogP contribution in [0.1, 0.15) is 49.5 Å². The molecular formula is C37H26Cl2N4O4S2. The largest absolute Gasteiger partial charge is 0.450 e. The smallest absolute Gasteiger partial charge is 0.297 e. The maximum atomic E-state index is 15.3. The van der Waals surface area contributed by atoms with Crippen LogP contribution in [0, 0.1) is 20.8 Å². The van der Waals surface area contributed by atoms with Crippen molar-refractivity contribution < 1.29 is 14.0 Å².